The van der Waals surface area contributed by atoms with Gasteiger partial charge in [0.05, 0.1) is 12.2 Å². The van der Waals surface area contributed by atoms with E-state index in [1.807, 2.05) is 0 Å². The second-order valence-corrected chi connectivity index (χ2v) is 4.20. The van der Waals surface area contributed by atoms with Crippen molar-refractivity contribution < 1.29 is 34.7 Å². The van der Waals surface area contributed by atoms with Crippen LogP contribution in [0.2, 0.25) is 0 Å². The summed E-state index contributed by atoms with van der Waals surface area (Å²) in [4.78, 5) is 10.7. The van der Waals surface area contributed by atoms with Crippen molar-refractivity contribution in [2.75, 3.05) is 6.61 Å². The van der Waals surface area contributed by atoms with E-state index in [4.69, 9.17) is 14.6 Å². The molecule has 1 aliphatic rings. The minimum atomic E-state index is -1.39. The predicted octanol–water partition coefficient (Wildman–Crippen LogP) is -1.71. The Morgan fingerprint density at radius 3 is 2.30 bits per heavy atom. The summed E-state index contributed by atoms with van der Waals surface area (Å²) < 4.78 is 10.3. The molecule has 1 saturated heterocycles. The first kappa shape index (κ1) is 17.6. The van der Waals surface area contributed by atoms with Crippen LogP contribution in [0.25, 0.3) is 0 Å². The standard InChI is InChI=1S/C12H14O7.Ca.2H/c13-8-5-18-12(10(15)9(8)14)19-7-3-1-6(2-4-7)11(16)17;;;/h1-4,8-10,12-15H,5H2,(H,16,17);;;/t8-,9+,10-,12-;;;/m1.../s1. The number of aliphatic hydroxyl groups excluding tert-OH is 3. The molecule has 0 unspecified atom stereocenters. The van der Waals surface area contributed by atoms with E-state index in [-0.39, 0.29) is 55.7 Å². The zero-order chi connectivity index (χ0) is 14.0. The van der Waals surface area contributed by atoms with Crippen LogP contribution in [0.1, 0.15) is 10.4 Å². The van der Waals surface area contributed by atoms with Gasteiger partial charge in [-0.2, -0.15) is 0 Å². The van der Waals surface area contributed by atoms with Crippen molar-refractivity contribution in [3.8, 4) is 5.75 Å². The number of aliphatic hydroxyl groups is 3. The molecule has 7 nitrogen and oxygen atoms in total. The third-order valence-electron chi connectivity index (χ3n) is 2.81. The average Bonchev–Trinajstić information content (AvgIpc) is 2.40. The van der Waals surface area contributed by atoms with Gasteiger partial charge in [0.15, 0.2) is 0 Å². The Balaban J connectivity index is 0.00000200. The Morgan fingerprint density at radius 1 is 1.15 bits per heavy atom. The Kier molecular flexibility index (Phi) is 6.66. The molecule has 8 heteroatoms. The van der Waals surface area contributed by atoms with Crippen LogP contribution in [0.5, 0.6) is 5.75 Å². The Hall–Kier alpha value is -0.410. The molecule has 0 spiro atoms. The van der Waals surface area contributed by atoms with Crippen molar-refractivity contribution in [1.82, 2.24) is 0 Å². The molecule has 108 valence electrons. The van der Waals surface area contributed by atoms with Crippen LogP contribution in [0, 0.1) is 0 Å². The molecule has 1 heterocycles. The fraction of sp³-hybridized carbons (Fsp3) is 0.417. The predicted molar refractivity (Wildman–Crippen MR) is 70.3 cm³/mol. The monoisotopic (exact) mass is 312 g/mol. The third kappa shape index (κ3) is 4.05. The average molecular weight is 312 g/mol. The summed E-state index contributed by atoms with van der Waals surface area (Å²) in [5.74, 6) is -0.767. The summed E-state index contributed by atoms with van der Waals surface area (Å²) in [5.41, 5.74) is 0.105. The van der Waals surface area contributed by atoms with Crippen LogP contribution in [-0.4, -0.2) is 95.3 Å². The van der Waals surface area contributed by atoms with Crippen molar-refractivity contribution in [1.29, 1.82) is 0 Å². The zero-order valence-electron chi connectivity index (χ0n) is 9.84. The first-order valence-electron chi connectivity index (χ1n) is 5.65. The van der Waals surface area contributed by atoms with Crippen molar-refractivity contribution in [2.45, 2.75) is 24.6 Å². The number of carbonyl (C=O) groups is 1. The van der Waals surface area contributed by atoms with Gasteiger partial charge in [0, 0.05) is 0 Å². The normalized spacial score (nSPS) is 29.4. The number of carboxylic acid groups (broad SMARTS) is 1. The molecular weight excluding hydrogens is 296 g/mol. The van der Waals surface area contributed by atoms with Gasteiger partial charge in [0.1, 0.15) is 24.1 Å². The summed E-state index contributed by atoms with van der Waals surface area (Å²) >= 11 is 0. The van der Waals surface area contributed by atoms with Crippen molar-refractivity contribution in [3.63, 3.8) is 0 Å². The number of hydrogen-bond donors (Lipinski definition) is 4. The van der Waals surface area contributed by atoms with Crippen LogP contribution in [-0.2, 0) is 4.74 Å². The second-order valence-electron chi connectivity index (χ2n) is 4.20. The van der Waals surface area contributed by atoms with Gasteiger partial charge < -0.3 is 29.9 Å². The number of hydrogen-bond acceptors (Lipinski definition) is 6. The van der Waals surface area contributed by atoms with Gasteiger partial charge in [-0.05, 0) is 24.3 Å². The van der Waals surface area contributed by atoms with E-state index in [0.29, 0.717) is 0 Å². The second kappa shape index (κ2) is 7.56. The maximum absolute atomic E-state index is 10.7. The van der Waals surface area contributed by atoms with E-state index in [9.17, 15) is 20.1 Å². The van der Waals surface area contributed by atoms with Crippen molar-refractivity contribution >= 4 is 43.7 Å². The Bertz CT molecular complexity index is 450. The first-order valence-corrected chi connectivity index (χ1v) is 5.65. The van der Waals surface area contributed by atoms with Gasteiger partial charge in [0.25, 0.3) is 0 Å². The molecular formula is C12H16CaO7. The fourth-order valence-corrected chi connectivity index (χ4v) is 1.69. The maximum atomic E-state index is 10.7. The summed E-state index contributed by atoms with van der Waals surface area (Å²) in [7, 11) is 0. The molecule has 20 heavy (non-hydrogen) atoms. The molecule has 4 atom stereocenters. The van der Waals surface area contributed by atoms with Crippen molar-refractivity contribution in [3.05, 3.63) is 29.8 Å². The molecule has 1 aromatic carbocycles. The van der Waals surface area contributed by atoms with Crippen LogP contribution in [0.4, 0.5) is 0 Å². The zero-order valence-corrected chi connectivity index (χ0v) is 9.84. The van der Waals surface area contributed by atoms with Gasteiger partial charge in [0.2, 0.25) is 6.29 Å². The summed E-state index contributed by atoms with van der Waals surface area (Å²) in [6.07, 6.45) is -5.02. The van der Waals surface area contributed by atoms with E-state index in [1.54, 1.807) is 0 Å². The molecule has 0 aromatic heterocycles. The number of rotatable bonds is 3. The summed E-state index contributed by atoms with van der Waals surface area (Å²) in [6.45, 7) is -0.157. The summed E-state index contributed by atoms with van der Waals surface area (Å²) in [5, 5.41) is 37.1. The number of benzene rings is 1. The molecule has 1 aromatic rings. The molecule has 2 rings (SSSR count). The van der Waals surface area contributed by atoms with Crippen LogP contribution >= 0.6 is 0 Å². The molecule has 1 fully saturated rings. The van der Waals surface area contributed by atoms with E-state index in [2.05, 4.69) is 0 Å². The number of carboxylic acids is 1. The van der Waals surface area contributed by atoms with Gasteiger partial charge >= 0.3 is 43.7 Å². The molecule has 4 N–H and O–H groups in total. The summed E-state index contributed by atoms with van der Waals surface area (Å²) in [6, 6.07) is 5.52. The quantitative estimate of drug-likeness (QED) is 0.491. The third-order valence-corrected chi connectivity index (χ3v) is 2.81. The van der Waals surface area contributed by atoms with E-state index in [0.717, 1.165) is 0 Å². The number of ether oxygens (including phenoxy) is 2. The van der Waals surface area contributed by atoms with E-state index >= 15 is 0 Å². The van der Waals surface area contributed by atoms with Gasteiger partial charge in [-0.1, -0.05) is 0 Å². The number of aromatic carboxylic acids is 1. The van der Waals surface area contributed by atoms with Crippen molar-refractivity contribution in [2.24, 2.45) is 0 Å². The van der Waals surface area contributed by atoms with Crippen LogP contribution < -0.4 is 4.74 Å². The molecule has 1 aliphatic heterocycles. The molecule has 0 bridgehead atoms. The van der Waals surface area contributed by atoms with E-state index in [1.165, 1.54) is 24.3 Å². The topological polar surface area (TPSA) is 116 Å². The SMILES string of the molecule is O=C(O)c1ccc(O[C@H]2OC[C@@H](O)[C@H](O)[C@H]2O)cc1.[CaH2]. The van der Waals surface area contributed by atoms with Gasteiger partial charge in [-0.3, -0.25) is 0 Å². The van der Waals surface area contributed by atoms with Crippen LogP contribution in [0.3, 0.4) is 0 Å². The van der Waals surface area contributed by atoms with Crippen LogP contribution in [0.15, 0.2) is 24.3 Å². The molecule has 0 aliphatic carbocycles. The first-order chi connectivity index (χ1) is 8.99. The molecule has 0 saturated carbocycles. The minimum absolute atomic E-state index is 0. The van der Waals surface area contributed by atoms with Gasteiger partial charge in [-0.25, -0.2) is 4.79 Å². The fourth-order valence-electron chi connectivity index (χ4n) is 1.69. The van der Waals surface area contributed by atoms with E-state index < -0.39 is 30.6 Å². The Morgan fingerprint density at radius 2 is 1.75 bits per heavy atom. The Labute approximate surface area is 144 Å². The molecule has 0 radical (unpaired) electrons. The molecule has 0 amide bonds. The van der Waals surface area contributed by atoms with Gasteiger partial charge in [-0.15, -0.1) is 0 Å².